The zero-order chi connectivity index (χ0) is 11.3. The van der Waals surface area contributed by atoms with Crippen LogP contribution in [0.4, 0.5) is 0 Å². The maximum Gasteiger partial charge on any atom is 0.355 e. The lowest BCUT2D eigenvalue weighted by Crippen LogP contribution is -2.13. The highest BCUT2D eigenvalue weighted by Gasteiger charge is 2.14. The van der Waals surface area contributed by atoms with Crippen LogP contribution in [-0.4, -0.2) is 17.1 Å². The van der Waals surface area contributed by atoms with Crippen LogP contribution < -0.4 is 0 Å². The fraction of sp³-hybridized carbons (Fsp3) is 0.417. The van der Waals surface area contributed by atoms with Gasteiger partial charge in [-0.3, -0.25) is 0 Å². The number of hydrogen-bond acceptors (Lipinski definition) is 2. The number of rotatable bonds is 5. The summed E-state index contributed by atoms with van der Waals surface area (Å²) in [6, 6.07) is 1.93. The molecule has 0 radical (unpaired) electrons. The summed E-state index contributed by atoms with van der Waals surface area (Å²) in [5.41, 5.74) is 1.61. The van der Waals surface area contributed by atoms with E-state index < -0.39 is 0 Å². The molecule has 3 nitrogen and oxygen atoms in total. The molecule has 0 aromatic carbocycles. The SMILES string of the molecule is C=CCCn1ccc(C)c1C(=O)OCC. The monoisotopic (exact) mass is 207 g/mol. The maximum absolute atomic E-state index is 11.6. The number of carbonyl (C=O) groups is 1. The second-order valence-electron chi connectivity index (χ2n) is 3.34. The molecule has 0 fully saturated rings. The number of hydrogen-bond donors (Lipinski definition) is 0. The maximum atomic E-state index is 11.6. The molecule has 15 heavy (non-hydrogen) atoms. The molecule has 1 aromatic rings. The molecule has 0 bridgehead atoms. The summed E-state index contributed by atoms with van der Waals surface area (Å²) in [7, 11) is 0. The first-order chi connectivity index (χ1) is 7.20. The molecule has 0 aliphatic rings. The first-order valence-electron chi connectivity index (χ1n) is 5.14. The topological polar surface area (TPSA) is 31.2 Å². The zero-order valence-corrected chi connectivity index (χ0v) is 9.32. The third-order valence-electron chi connectivity index (χ3n) is 2.21. The summed E-state index contributed by atoms with van der Waals surface area (Å²) in [5, 5.41) is 0. The molecule has 0 spiro atoms. The van der Waals surface area contributed by atoms with Gasteiger partial charge in [0.15, 0.2) is 0 Å². The molecule has 0 saturated heterocycles. The molecule has 0 atom stereocenters. The van der Waals surface area contributed by atoms with Crippen LogP contribution >= 0.6 is 0 Å². The molecule has 1 rings (SSSR count). The molecular formula is C12H17NO2. The Hall–Kier alpha value is -1.51. The number of aryl methyl sites for hydroxylation is 2. The Labute approximate surface area is 90.4 Å². The van der Waals surface area contributed by atoms with Crippen molar-refractivity contribution in [1.82, 2.24) is 4.57 Å². The number of aromatic nitrogens is 1. The van der Waals surface area contributed by atoms with E-state index in [-0.39, 0.29) is 5.97 Å². The second-order valence-corrected chi connectivity index (χ2v) is 3.34. The van der Waals surface area contributed by atoms with E-state index in [2.05, 4.69) is 6.58 Å². The van der Waals surface area contributed by atoms with Crippen molar-refractivity contribution in [3.8, 4) is 0 Å². The van der Waals surface area contributed by atoms with Gasteiger partial charge in [0.25, 0.3) is 0 Å². The molecule has 0 unspecified atom stereocenters. The number of allylic oxidation sites excluding steroid dienone is 1. The molecular weight excluding hydrogens is 190 g/mol. The van der Waals surface area contributed by atoms with E-state index in [4.69, 9.17) is 4.74 Å². The summed E-state index contributed by atoms with van der Waals surface area (Å²) in [5.74, 6) is -0.246. The van der Waals surface area contributed by atoms with Crippen LogP contribution in [0.15, 0.2) is 24.9 Å². The van der Waals surface area contributed by atoms with Crippen molar-refractivity contribution in [2.75, 3.05) is 6.61 Å². The van der Waals surface area contributed by atoms with Crippen molar-refractivity contribution in [1.29, 1.82) is 0 Å². The van der Waals surface area contributed by atoms with Crippen LogP contribution in [0.25, 0.3) is 0 Å². The predicted molar refractivity (Wildman–Crippen MR) is 59.9 cm³/mol. The van der Waals surface area contributed by atoms with Gasteiger partial charge in [0.05, 0.1) is 6.61 Å². The Morgan fingerprint density at radius 2 is 2.40 bits per heavy atom. The molecule has 0 aliphatic heterocycles. The fourth-order valence-electron chi connectivity index (χ4n) is 1.48. The van der Waals surface area contributed by atoms with E-state index in [1.807, 2.05) is 36.8 Å². The van der Waals surface area contributed by atoms with Gasteiger partial charge in [0, 0.05) is 12.7 Å². The van der Waals surface area contributed by atoms with Crippen LogP contribution in [-0.2, 0) is 11.3 Å². The molecule has 82 valence electrons. The lowest BCUT2D eigenvalue weighted by atomic mass is 10.2. The van der Waals surface area contributed by atoms with Crippen molar-refractivity contribution in [3.05, 3.63) is 36.2 Å². The van der Waals surface area contributed by atoms with Gasteiger partial charge in [0.1, 0.15) is 5.69 Å². The molecule has 0 amide bonds. The van der Waals surface area contributed by atoms with Gasteiger partial charge in [-0.05, 0) is 31.9 Å². The van der Waals surface area contributed by atoms with Gasteiger partial charge in [-0.1, -0.05) is 6.08 Å². The van der Waals surface area contributed by atoms with E-state index >= 15 is 0 Å². The summed E-state index contributed by atoms with van der Waals surface area (Å²) in [6.45, 7) is 8.56. The minimum Gasteiger partial charge on any atom is -0.461 e. The smallest absolute Gasteiger partial charge is 0.355 e. The van der Waals surface area contributed by atoms with Crippen LogP contribution in [0, 0.1) is 6.92 Å². The summed E-state index contributed by atoms with van der Waals surface area (Å²) < 4.78 is 6.91. The standard InChI is InChI=1S/C12H17NO2/c1-4-6-8-13-9-7-10(3)11(13)12(14)15-5-2/h4,7,9H,1,5-6,8H2,2-3H3. The van der Waals surface area contributed by atoms with Crippen molar-refractivity contribution in [2.24, 2.45) is 0 Å². The van der Waals surface area contributed by atoms with Crippen LogP contribution in [0.2, 0.25) is 0 Å². The van der Waals surface area contributed by atoms with E-state index in [9.17, 15) is 4.79 Å². The average Bonchev–Trinajstić information content (AvgIpc) is 2.57. The third kappa shape index (κ3) is 2.72. The number of carbonyl (C=O) groups excluding carboxylic acids is 1. The van der Waals surface area contributed by atoms with E-state index in [0.29, 0.717) is 12.3 Å². The minimum atomic E-state index is -0.246. The van der Waals surface area contributed by atoms with Crippen molar-refractivity contribution in [2.45, 2.75) is 26.8 Å². The highest BCUT2D eigenvalue weighted by molar-refractivity contribution is 5.89. The summed E-state index contributed by atoms with van der Waals surface area (Å²) in [4.78, 5) is 11.6. The quantitative estimate of drug-likeness (QED) is 0.549. The Morgan fingerprint density at radius 3 is 3.00 bits per heavy atom. The van der Waals surface area contributed by atoms with Gasteiger partial charge >= 0.3 is 5.97 Å². The Balaban J connectivity index is 2.87. The highest BCUT2D eigenvalue weighted by atomic mass is 16.5. The van der Waals surface area contributed by atoms with Crippen molar-refractivity contribution in [3.63, 3.8) is 0 Å². The van der Waals surface area contributed by atoms with Gasteiger partial charge < -0.3 is 9.30 Å². The number of nitrogens with zero attached hydrogens (tertiary/aromatic N) is 1. The zero-order valence-electron chi connectivity index (χ0n) is 9.32. The summed E-state index contributed by atoms with van der Waals surface area (Å²) in [6.07, 6.45) is 4.59. The van der Waals surface area contributed by atoms with Crippen LogP contribution in [0.1, 0.15) is 29.4 Å². The fourth-order valence-corrected chi connectivity index (χ4v) is 1.48. The van der Waals surface area contributed by atoms with Gasteiger partial charge in [-0.15, -0.1) is 6.58 Å². The van der Waals surface area contributed by atoms with Gasteiger partial charge in [0.2, 0.25) is 0 Å². The first kappa shape index (κ1) is 11.6. The summed E-state index contributed by atoms with van der Waals surface area (Å²) >= 11 is 0. The molecule has 3 heteroatoms. The minimum absolute atomic E-state index is 0.246. The second kappa shape index (κ2) is 5.39. The van der Waals surface area contributed by atoms with Crippen molar-refractivity contribution >= 4 is 5.97 Å². The van der Waals surface area contributed by atoms with Gasteiger partial charge in [-0.25, -0.2) is 4.79 Å². The van der Waals surface area contributed by atoms with Crippen molar-refractivity contribution < 1.29 is 9.53 Å². The van der Waals surface area contributed by atoms with Gasteiger partial charge in [-0.2, -0.15) is 0 Å². The number of ether oxygens (including phenoxy) is 1. The molecule has 0 N–H and O–H groups in total. The van der Waals surface area contributed by atoms with Crippen LogP contribution in [0.3, 0.4) is 0 Å². The first-order valence-corrected chi connectivity index (χ1v) is 5.14. The Kier molecular flexibility index (Phi) is 4.16. The lowest BCUT2D eigenvalue weighted by Gasteiger charge is -2.08. The van der Waals surface area contributed by atoms with E-state index in [0.717, 1.165) is 18.5 Å². The van der Waals surface area contributed by atoms with Crippen LogP contribution in [0.5, 0.6) is 0 Å². The largest absolute Gasteiger partial charge is 0.461 e. The van der Waals surface area contributed by atoms with E-state index in [1.54, 1.807) is 0 Å². The lowest BCUT2D eigenvalue weighted by molar-refractivity contribution is 0.0513. The highest BCUT2D eigenvalue weighted by Crippen LogP contribution is 2.12. The molecule has 0 aliphatic carbocycles. The Morgan fingerprint density at radius 1 is 1.67 bits per heavy atom. The average molecular weight is 207 g/mol. The molecule has 1 aromatic heterocycles. The normalized spacial score (nSPS) is 10.0. The third-order valence-corrected chi connectivity index (χ3v) is 2.21. The molecule has 1 heterocycles. The number of esters is 1. The van der Waals surface area contributed by atoms with E-state index in [1.165, 1.54) is 0 Å². The Bertz CT molecular complexity index is 353. The predicted octanol–water partition coefficient (Wildman–Crippen LogP) is 2.55. The molecule has 0 saturated carbocycles.